The summed E-state index contributed by atoms with van der Waals surface area (Å²) in [6.07, 6.45) is 0.950. The topological polar surface area (TPSA) is 134 Å². The van der Waals surface area contributed by atoms with Gasteiger partial charge >= 0.3 is 5.97 Å². The van der Waals surface area contributed by atoms with Crippen molar-refractivity contribution in [1.82, 2.24) is 5.32 Å². The number of aliphatic carboxylic acids is 1. The van der Waals surface area contributed by atoms with Gasteiger partial charge in [0.1, 0.15) is 11.1 Å². The van der Waals surface area contributed by atoms with Crippen molar-refractivity contribution < 1.29 is 24.0 Å². The number of carbonyl (C=O) groups excluding carboxylic acids is 1. The number of carbonyl (C=O) groups is 2. The summed E-state index contributed by atoms with van der Waals surface area (Å²) < 4.78 is 13.1. The molecule has 154 valence electrons. The largest absolute Gasteiger partial charge is 0.481 e. The molecule has 1 aliphatic rings. The number of carboxylic acids is 1. The van der Waals surface area contributed by atoms with Gasteiger partial charge in [-0.2, -0.15) is 5.10 Å². The standard InChI is InChI=1S/C18H13FN4O5S2/c19-11-1-4-13(5-2-11)29-14-6-3-12(23(27)28)7-10(14)9-20-22-18-21-17(26)15(30-18)8-16(24)25/h1-7,9,15H,8H2,(H,24,25)(H,21,22,26). The SMILES string of the molecule is O=C(O)CC1SC(=NN=Cc2cc([N+](=O)[O-])ccc2Sc2ccc(F)cc2)NC1=O. The molecule has 30 heavy (non-hydrogen) atoms. The van der Waals surface area contributed by atoms with Crippen LogP contribution in [0.4, 0.5) is 10.1 Å². The maximum Gasteiger partial charge on any atom is 0.305 e. The van der Waals surface area contributed by atoms with E-state index < -0.39 is 22.0 Å². The van der Waals surface area contributed by atoms with Crippen LogP contribution in [0.25, 0.3) is 0 Å². The monoisotopic (exact) mass is 448 g/mol. The number of amides is 1. The van der Waals surface area contributed by atoms with E-state index in [0.717, 1.165) is 16.7 Å². The number of amidine groups is 1. The molecule has 3 rings (SSSR count). The van der Waals surface area contributed by atoms with E-state index >= 15 is 0 Å². The van der Waals surface area contributed by atoms with Gasteiger partial charge in [0.15, 0.2) is 5.17 Å². The fraction of sp³-hybridized carbons (Fsp3) is 0.111. The molecule has 0 bridgehead atoms. The maximum absolute atomic E-state index is 13.1. The first-order chi connectivity index (χ1) is 14.3. The zero-order valence-electron chi connectivity index (χ0n) is 15.0. The Bertz CT molecular complexity index is 1060. The number of thioether (sulfide) groups is 1. The number of halogens is 1. The van der Waals surface area contributed by atoms with Crippen molar-refractivity contribution in [2.75, 3.05) is 0 Å². The predicted octanol–water partition coefficient (Wildman–Crippen LogP) is 3.28. The van der Waals surface area contributed by atoms with E-state index in [1.54, 1.807) is 18.2 Å². The van der Waals surface area contributed by atoms with Gasteiger partial charge in [0.05, 0.1) is 17.6 Å². The Morgan fingerprint density at radius 2 is 2.07 bits per heavy atom. The van der Waals surface area contributed by atoms with Gasteiger partial charge in [0, 0.05) is 27.5 Å². The second-order valence-electron chi connectivity index (χ2n) is 5.88. The molecule has 1 atom stereocenters. The zero-order valence-corrected chi connectivity index (χ0v) is 16.7. The van der Waals surface area contributed by atoms with Crippen LogP contribution < -0.4 is 5.32 Å². The molecule has 0 aromatic heterocycles. The third-order valence-corrected chi connectivity index (χ3v) is 5.90. The molecule has 1 amide bonds. The van der Waals surface area contributed by atoms with Crippen LogP contribution in [-0.4, -0.2) is 38.5 Å². The molecular formula is C18H13FN4O5S2. The van der Waals surface area contributed by atoms with Gasteiger partial charge in [0.25, 0.3) is 5.69 Å². The number of hydrogen-bond donors (Lipinski definition) is 2. The Balaban J connectivity index is 1.81. The summed E-state index contributed by atoms with van der Waals surface area (Å²) in [7, 11) is 0. The van der Waals surface area contributed by atoms with Crippen molar-refractivity contribution in [3.05, 3.63) is 64.0 Å². The number of carboxylic acid groups (broad SMARTS) is 1. The van der Waals surface area contributed by atoms with Crippen LogP contribution in [-0.2, 0) is 9.59 Å². The van der Waals surface area contributed by atoms with Gasteiger partial charge in [-0.05, 0) is 30.3 Å². The lowest BCUT2D eigenvalue weighted by molar-refractivity contribution is -0.384. The van der Waals surface area contributed by atoms with E-state index in [1.165, 1.54) is 42.2 Å². The highest BCUT2D eigenvalue weighted by atomic mass is 32.2. The van der Waals surface area contributed by atoms with E-state index in [-0.39, 0.29) is 23.1 Å². The summed E-state index contributed by atoms with van der Waals surface area (Å²) in [5.74, 6) is -1.95. The number of hydrogen-bond acceptors (Lipinski definition) is 8. The molecular weight excluding hydrogens is 435 g/mol. The average molecular weight is 448 g/mol. The highest BCUT2D eigenvalue weighted by Gasteiger charge is 2.32. The minimum Gasteiger partial charge on any atom is -0.481 e. The first-order valence-corrected chi connectivity index (χ1v) is 10.0. The second kappa shape index (κ2) is 9.50. The minimum absolute atomic E-state index is 0.140. The molecule has 9 nitrogen and oxygen atoms in total. The van der Waals surface area contributed by atoms with Crippen LogP contribution in [0.2, 0.25) is 0 Å². The zero-order chi connectivity index (χ0) is 21.7. The fourth-order valence-electron chi connectivity index (χ4n) is 2.36. The lowest BCUT2D eigenvalue weighted by atomic mass is 10.2. The Kier molecular flexibility index (Phi) is 6.79. The summed E-state index contributed by atoms with van der Waals surface area (Å²) in [4.78, 5) is 34.4. The van der Waals surface area contributed by atoms with Gasteiger partial charge in [-0.1, -0.05) is 23.5 Å². The van der Waals surface area contributed by atoms with Crippen LogP contribution in [0.5, 0.6) is 0 Å². The number of nitro benzene ring substituents is 1. The van der Waals surface area contributed by atoms with E-state index in [1.807, 2.05) is 0 Å². The Morgan fingerprint density at radius 3 is 2.73 bits per heavy atom. The minimum atomic E-state index is -1.11. The van der Waals surface area contributed by atoms with Crippen LogP contribution in [0.15, 0.2) is 62.5 Å². The van der Waals surface area contributed by atoms with Crippen LogP contribution in [0, 0.1) is 15.9 Å². The van der Waals surface area contributed by atoms with Crippen molar-refractivity contribution in [2.45, 2.75) is 21.5 Å². The number of nitrogens with one attached hydrogen (secondary N) is 1. The number of nitro groups is 1. The van der Waals surface area contributed by atoms with Crippen molar-refractivity contribution in [3.63, 3.8) is 0 Å². The highest BCUT2D eigenvalue weighted by Crippen LogP contribution is 2.32. The van der Waals surface area contributed by atoms with Crippen LogP contribution in [0.3, 0.4) is 0 Å². The van der Waals surface area contributed by atoms with Crippen LogP contribution in [0.1, 0.15) is 12.0 Å². The fourth-order valence-corrected chi connectivity index (χ4v) is 4.17. The molecule has 2 aromatic rings. The lowest BCUT2D eigenvalue weighted by Crippen LogP contribution is -2.26. The normalized spacial score (nSPS) is 17.4. The lowest BCUT2D eigenvalue weighted by Gasteiger charge is -2.05. The first-order valence-electron chi connectivity index (χ1n) is 8.34. The molecule has 2 N–H and O–H groups in total. The van der Waals surface area contributed by atoms with Crippen molar-refractivity contribution >= 4 is 52.5 Å². The van der Waals surface area contributed by atoms with E-state index in [0.29, 0.717) is 10.5 Å². The number of non-ortho nitro benzene ring substituents is 1. The van der Waals surface area contributed by atoms with Crippen molar-refractivity contribution in [2.24, 2.45) is 10.2 Å². The molecule has 0 saturated carbocycles. The molecule has 0 aliphatic carbocycles. The Morgan fingerprint density at radius 1 is 1.33 bits per heavy atom. The van der Waals surface area contributed by atoms with Gasteiger partial charge in [-0.25, -0.2) is 4.39 Å². The first kappa shape index (κ1) is 21.5. The van der Waals surface area contributed by atoms with Gasteiger partial charge < -0.3 is 10.4 Å². The van der Waals surface area contributed by atoms with E-state index in [2.05, 4.69) is 15.5 Å². The molecule has 2 aromatic carbocycles. The third-order valence-electron chi connectivity index (χ3n) is 3.73. The second-order valence-corrected chi connectivity index (χ2v) is 8.19. The summed E-state index contributed by atoms with van der Waals surface area (Å²) in [6, 6.07) is 9.99. The molecule has 1 unspecified atom stereocenters. The number of benzene rings is 2. The molecule has 0 spiro atoms. The third kappa shape index (κ3) is 5.64. The molecule has 1 saturated heterocycles. The maximum atomic E-state index is 13.1. The number of nitrogens with zero attached hydrogens (tertiary/aromatic N) is 3. The average Bonchev–Trinajstić information content (AvgIpc) is 3.03. The smallest absolute Gasteiger partial charge is 0.305 e. The van der Waals surface area contributed by atoms with Crippen LogP contribution >= 0.6 is 23.5 Å². The number of rotatable bonds is 7. The molecule has 1 aliphatic heterocycles. The van der Waals surface area contributed by atoms with Gasteiger partial charge in [0.2, 0.25) is 5.91 Å². The van der Waals surface area contributed by atoms with Crippen molar-refractivity contribution in [1.29, 1.82) is 0 Å². The molecule has 12 heteroatoms. The molecule has 1 fully saturated rings. The highest BCUT2D eigenvalue weighted by molar-refractivity contribution is 8.15. The Hall–Kier alpha value is -3.25. The summed E-state index contributed by atoms with van der Waals surface area (Å²) in [5.41, 5.74) is 0.261. The molecule has 1 heterocycles. The summed E-state index contributed by atoms with van der Waals surface area (Å²) >= 11 is 2.21. The Labute approximate surface area is 177 Å². The summed E-state index contributed by atoms with van der Waals surface area (Å²) in [6.45, 7) is 0. The van der Waals surface area contributed by atoms with Crippen molar-refractivity contribution in [3.8, 4) is 0 Å². The van der Waals surface area contributed by atoms with Gasteiger partial charge in [-0.15, -0.1) is 5.10 Å². The summed E-state index contributed by atoms with van der Waals surface area (Å²) in [5, 5.41) is 29.4. The van der Waals surface area contributed by atoms with Gasteiger partial charge in [-0.3, -0.25) is 19.7 Å². The molecule has 0 radical (unpaired) electrons. The van der Waals surface area contributed by atoms with E-state index in [4.69, 9.17) is 5.11 Å². The van der Waals surface area contributed by atoms with E-state index in [9.17, 15) is 24.1 Å². The quantitative estimate of drug-likeness (QED) is 0.377. The predicted molar refractivity (Wildman–Crippen MR) is 110 cm³/mol.